The van der Waals surface area contributed by atoms with Crippen LogP contribution in [0.25, 0.3) is 0 Å². The van der Waals surface area contributed by atoms with Crippen LogP contribution in [0.5, 0.6) is 0 Å². The van der Waals surface area contributed by atoms with Gasteiger partial charge in [0, 0.05) is 18.4 Å². The van der Waals surface area contributed by atoms with Gasteiger partial charge in [0.2, 0.25) is 17.6 Å². The molecule has 156 valence electrons. The van der Waals surface area contributed by atoms with Gasteiger partial charge in [0.1, 0.15) is 0 Å². The Morgan fingerprint density at radius 3 is 1.87 bits per heavy atom. The van der Waals surface area contributed by atoms with E-state index in [0.29, 0.717) is 11.3 Å². The molecule has 1 heterocycles. The number of benzene rings is 2. The van der Waals surface area contributed by atoms with Crippen molar-refractivity contribution in [2.45, 2.75) is 52.1 Å². The van der Waals surface area contributed by atoms with Gasteiger partial charge >= 0.3 is 5.97 Å². The molecule has 2 aromatic carbocycles. The van der Waals surface area contributed by atoms with E-state index in [1.54, 1.807) is 12.1 Å². The minimum Gasteiger partial charge on any atom is -0.451 e. The van der Waals surface area contributed by atoms with Crippen LogP contribution >= 0.6 is 0 Å². The van der Waals surface area contributed by atoms with Gasteiger partial charge in [0.25, 0.3) is 0 Å². The fourth-order valence-electron chi connectivity index (χ4n) is 3.26. The van der Waals surface area contributed by atoms with Crippen LogP contribution in [-0.2, 0) is 19.7 Å². The molecule has 30 heavy (non-hydrogen) atoms. The number of Topliss-reactive ketones (excluding diaryl/α,β-unsaturated/α-hetero) is 1. The molecule has 6 heteroatoms. The SMILES string of the molecule is CC(OC(=O)c1ccc(N2C(=O)CCC2=O)cc1)C(=O)c1ccc(C(C)(C)C)cc1. The maximum Gasteiger partial charge on any atom is 0.338 e. The molecule has 0 spiro atoms. The van der Waals surface area contributed by atoms with Gasteiger partial charge in [-0.3, -0.25) is 19.3 Å². The molecular weight excluding hydrogens is 382 g/mol. The highest BCUT2D eigenvalue weighted by atomic mass is 16.5. The Kier molecular flexibility index (Phi) is 5.87. The van der Waals surface area contributed by atoms with E-state index in [1.807, 2.05) is 12.1 Å². The number of carbonyl (C=O) groups excluding carboxylic acids is 4. The van der Waals surface area contributed by atoms with Crippen molar-refractivity contribution in [3.63, 3.8) is 0 Å². The molecule has 1 aliphatic heterocycles. The van der Waals surface area contributed by atoms with Crippen molar-refractivity contribution in [2.75, 3.05) is 4.90 Å². The Morgan fingerprint density at radius 1 is 0.867 bits per heavy atom. The van der Waals surface area contributed by atoms with Crippen LogP contribution < -0.4 is 4.90 Å². The molecule has 0 saturated carbocycles. The van der Waals surface area contributed by atoms with E-state index in [0.717, 1.165) is 10.5 Å². The highest BCUT2D eigenvalue weighted by Crippen LogP contribution is 2.24. The minimum absolute atomic E-state index is 0.0177. The van der Waals surface area contributed by atoms with Gasteiger partial charge in [0.15, 0.2) is 6.10 Å². The summed E-state index contributed by atoms with van der Waals surface area (Å²) >= 11 is 0. The monoisotopic (exact) mass is 407 g/mol. The van der Waals surface area contributed by atoms with Crippen LogP contribution in [0.4, 0.5) is 5.69 Å². The zero-order valence-corrected chi connectivity index (χ0v) is 17.6. The molecule has 2 aromatic rings. The summed E-state index contributed by atoms with van der Waals surface area (Å²) in [6.07, 6.45) is -0.558. The second kappa shape index (κ2) is 8.22. The molecule has 2 amide bonds. The molecule has 1 fully saturated rings. The van der Waals surface area contributed by atoms with Crippen molar-refractivity contribution in [2.24, 2.45) is 0 Å². The summed E-state index contributed by atoms with van der Waals surface area (Å²) in [6.45, 7) is 7.81. The highest BCUT2D eigenvalue weighted by Gasteiger charge is 2.30. The van der Waals surface area contributed by atoms with E-state index in [-0.39, 0.29) is 41.4 Å². The summed E-state index contributed by atoms with van der Waals surface area (Å²) in [5.41, 5.74) is 2.22. The van der Waals surface area contributed by atoms with Crippen LogP contribution in [0.2, 0.25) is 0 Å². The Labute approximate surface area is 175 Å². The lowest BCUT2D eigenvalue weighted by molar-refractivity contribution is -0.121. The quantitative estimate of drug-likeness (QED) is 0.424. The summed E-state index contributed by atoms with van der Waals surface area (Å²) in [5, 5.41) is 0. The fraction of sp³-hybridized carbons (Fsp3) is 0.333. The van der Waals surface area contributed by atoms with Crippen LogP contribution in [0, 0.1) is 0 Å². The van der Waals surface area contributed by atoms with E-state index in [4.69, 9.17) is 4.74 Å². The van der Waals surface area contributed by atoms with Gasteiger partial charge in [-0.15, -0.1) is 0 Å². The van der Waals surface area contributed by atoms with Crippen molar-refractivity contribution < 1.29 is 23.9 Å². The summed E-state index contributed by atoms with van der Waals surface area (Å²) in [7, 11) is 0. The maximum atomic E-state index is 12.6. The van der Waals surface area contributed by atoms with Gasteiger partial charge < -0.3 is 4.74 Å². The molecule has 1 aliphatic rings. The van der Waals surface area contributed by atoms with Gasteiger partial charge in [0.05, 0.1) is 11.3 Å². The van der Waals surface area contributed by atoms with Gasteiger partial charge in [-0.25, -0.2) is 4.79 Å². The first-order valence-corrected chi connectivity index (χ1v) is 9.89. The lowest BCUT2D eigenvalue weighted by Crippen LogP contribution is -2.28. The standard InChI is InChI=1S/C24H25NO5/c1-15(22(28)16-5-9-18(10-6-16)24(2,3)4)30-23(29)17-7-11-19(12-8-17)25-20(26)13-14-21(25)27/h5-12,15H,13-14H2,1-4H3. The van der Waals surface area contributed by atoms with Crippen LogP contribution in [0.1, 0.15) is 66.8 Å². The van der Waals surface area contributed by atoms with E-state index >= 15 is 0 Å². The average molecular weight is 407 g/mol. The molecule has 3 rings (SSSR count). The molecule has 0 N–H and O–H groups in total. The third kappa shape index (κ3) is 4.48. The van der Waals surface area contributed by atoms with E-state index in [2.05, 4.69) is 20.8 Å². The number of hydrogen-bond acceptors (Lipinski definition) is 5. The predicted molar refractivity (Wildman–Crippen MR) is 113 cm³/mol. The largest absolute Gasteiger partial charge is 0.451 e. The topological polar surface area (TPSA) is 80.8 Å². The van der Waals surface area contributed by atoms with E-state index in [1.165, 1.54) is 31.2 Å². The molecule has 0 aliphatic carbocycles. The molecule has 1 saturated heterocycles. The predicted octanol–water partition coefficient (Wildman–Crippen LogP) is 4.07. The van der Waals surface area contributed by atoms with Crippen molar-refractivity contribution in [3.05, 3.63) is 65.2 Å². The van der Waals surface area contributed by atoms with Crippen LogP contribution in [-0.4, -0.2) is 29.7 Å². The van der Waals surface area contributed by atoms with Crippen molar-refractivity contribution in [3.8, 4) is 0 Å². The number of rotatable bonds is 5. The maximum absolute atomic E-state index is 12.6. The number of anilines is 1. The molecule has 0 bridgehead atoms. The Morgan fingerprint density at radius 2 is 1.37 bits per heavy atom. The van der Waals surface area contributed by atoms with Gasteiger partial charge in [-0.2, -0.15) is 0 Å². The molecule has 0 radical (unpaired) electrons. The summed E-state index contributed by atoms with van der Waals surface area (Å²) in [5.74, 6) is -1.44. The van der Waals surface area contributed by atoms with Crippen molar-refractivity contribution >= 4 is 29.3 Å². The number of amides is 2. The lowest BCUT2D eigenvalue weighted by Gasteiger charge is -2.19. The van der Waals surface area contributed by atoms with Gasteiger partial charge in [-0.05, 0) is 42.2 Å². The first kappa shape index (κ1) is 21.4. The highest BCUT2D eigenvalue weighted by molar-refractivity contribution is 6.19. The smallest absolute Gasteiger partial charge is 0.338 e. The Hall–Kier alpha value is -3.28. The molecule has 6 nitrogen and oxygen atoms in total. The summed E-state index contributed by atoms with van der Waals surface area (Å²) < 4.78 is 5.32. The van der Waals surface area contributed by atoms with Crippen LogP contribution in [0.3, 0.4) is 0 Å². The third-order valence-corrected chi connectivity index (χ3v) is 5.10. The number of hydrogen-bond donors (Lipinski definition) is 0. The number of nitrogens with zero attached hydrogens (tertiary/aromatic N) is 1. The van der Waals surface area contributed by atoms with Crippen molar-refractivity contribution in [1.82, 2.24) is 0 Å². The zero-order chi connectivity index (χ0) is 22.1. The number of ketones is 1. The first-order chi connectivity index (χ1) is 14.1. The van der Waals surface area contributed by atoms with Crippen LogP contribution in [0.15, 0.2) is 48.5 Å². The fourth-order valence-corrected chi connectivity index (χ4v) is 3.26. The lowest BCUT2D eigenvalue weighted by atomic mass is 9.86. The summed E-state index contributed by atoms with van der Waals surface area (Å²) in [6, 6.07) is 13.3. The van der Waals surface area contributed by atoms with Crippen molar-refractivity contribution in [1.29, 1.82) is 0 Å². The van der Waals surface area contributed by atoms with Gasteiger partial charge in [-0.1, -0.05) is 45.0 Å². The third-order valence-electron chi connectivity index (χ3n) is 5.10. The molecular formula is C24H25NO5. The van der Waals surface area contributed by atoms with E-state index in [9.17, 15) is 19.2 Å². The second-order valence-electron chi connectivity index (χ2n) is 8.41. The zero-order valence-electron chi connectivity index (χ0n) is 17.6. The number of ether oxygens (including phenoxy) is 1. The summed E-state index contributed by atoms with van der Waals surface area (Å²) in [4.78, 5) is 49.8. The minimum atomic E-state index is -0.945. The average Bonchev–Trinajstić information content (AvgIpc) is 3.05. The molecule has 1 unspecified atom stereocenters. The number of carbonyl (C=O) groups is 4. The molecule has 0 aromatic heterocycles. The molecule has 1 atom stereocenters. The first-order valence-electron chi connectivity index (χ1n) is 9.89. The normalized spacial score (nSPS) is 15.3. The Bertz CT molecular complexity index is 968. The van der Waals surface area contributed by atoms with E-state index < -0.39 is 12.1 Å². The number of imide groups is 1. The Balaban J connectivity index is 1.65. The second-order valence-corrected chi connectivity index (χ2v) is 8.41. The number of esters is 1.